The number of rotatable bonds is 4. The van der Waals surface area contributed by atoms with Crippen LogP contribution in [-0.2, 0) is 16.4 Å². The first-order valence-electron chi connectivity index (χ1n) is 5.18. The van der Waals surface area contributed by atoms with Gasteiger partial charge in [0.1, 0.15) is 5.82 Å². The molecule has 0 atom stereocenters. The fourth-order valence-corrected chi connectivity index (χ4v) is 2.13. The van der Waals surface area contributed by atoms with Crippen LogP contribution in [-0.4, -0.2) is 24.6 Å². The number of H-pyrrole nitrogens is 1. The van der Waals surface area contributed by atoms with Crippen LogP contribution in [0.2, 0.25) is 0 Å². The zero-order chi connectivity index (χ0) is 13.2. The van der Waals surface area contributed by atoms with Crippen LogP contribution in [0.4, 0.5) is 10.1 Å². The number of hydrogen-bond donors (Lipinski definition) is 2. The van der Waals surface area contributed by atoms with Crippen molar-refractivity contribution < 1.29 is 12.8 Å². The highest BCUT2D eigenvalue weighted by molar-refractivity contribution is 7.92. The minimum atomic E-state index is -3.36. The van der Waals surface area contributed by atoms with Crippen LogP contribution in [0.5, 0.6) is 0 Å². The van der Waals surface area contributed by atoms with Crippen molar-refractivity contribution >= 4 is 15.7 Å². The Balaban J connectivity index is 2.27. The van der Waals surface area contributed by atoms with Crippen LogP contribution >= 0.6 is 0 Å². The van der Waals surface area contributed by atoms with Gasteiger partial charge in [0, 0.05) is 18.3 Å². The average molecular weight is 269 g/mol. The fraction of sp³-hybridized carbons (Fsp3) is 0.182. The third-order valence-corrected chi connectivity index (χ3v) is 2.88. The molecule has 1 heterocycles. The highest BCUT2D eigenvalue weighted by Gasteiger charge is 2.08. The second kappa shape index (κ2) is 4.77. The Morgan fingerprint density at radius 3 is 2.83 bits per heavy atom. The van der Waals surface area contributed by atoms with E-state index in [9.17, 15) is 12.8 Å². The molecule has 2 rings (SSSR count). The van der Waals surface area contributed by atoms with E-state index in [1.165, 1.54) is 24.5 Å². The quantitative estimate of drug-likeness (QED) is 0.883. The van der Waals surface area contributed by atoms with Gasteiger partial charge >= 0.3 is 0 Å². The smallest absolute Gasteiger partial charge is 0.229 e. The maximum atomic E-state index is 13.6. The standard InChI is InChI=1S/C11H12FN3O2S/c1-18(16,17)15-9-2-3-11(12)8(4-9)5-10-6-13-7-14-10/h2-4,6-7,15H,5H2,1H3,(H,13,14). The van der Waals surface area contributed by atoms with Crippen molar-refractivity contribution in [2.24, 2.45) is 0 Å². The summed E-state index contributed by atoms with van der Waals surface area (Å²) in [5.74, 6) is -0.392. The third-order valence-electron chi connectivity index (χ3n) is 2.28. The van der Waals surface area contributed by atoms with E-state index < -0.39 is 15.8 Å². The molecular formula is C11H12FN3O2S. The van der Waals surface area contributed by atoms with Crippen LogP contribution in [0.15, 0.2) is 30.7 Å². The maximum Gasteiger partial charge on any atom is 0.229 e. The largest absolute Gasteiger partial charge is 0.351 e. The number of aromatic nitrogens is 2. The summed E-state index contributed by atoms with van der Waals surface area (Å²) in [4.78, 5) is 6.77. The van der Waals surface area contributed by atoms with Crippen LogP contribution in [0, 0.1) is 5.82 Å². The van der Waals surface area contributed by atoms with Gasteiger partial charge in [-0.3, -0.25) is 4.72 Å². The molecule has 0 bridgehead atoms. The molecule has 0 amide bonds. The van der Waals surface area contributed by atoms with Crippen molar-refractivity contribution in [2.45, 2.75) is 6.42 Å². The van der Waals surface area contributed by atoms with E-state index in [0.29, 0.717) is 23.4 Å². The van der Waals surface area contributed by atoms with Crippen molar-refractivity contribution in [1.29, 1.82) is 0 Å². The first-order valence-corrected chi connectivity index (χ1v) is 7.07. The molecule has 0 saturated heterocycles. The van der Waals surface area contributed by atoms with Gasteiger partial charge in [0.2, 0.25) is 10.0 Å². The lowest BCUT2D eigenvalue weighted by Crippen LogP contribution is -2.10. The number of halogens is 1. The van der Waals surface area contributed by atoms with Crippen LogP contribution in [0.1, 0.15) is 11.3 Å². The van der Waals surface area contributed by atoms with E-state index in [1.54, 1.807) is 6.20 Å². The van der Waals surface area contributed by atoms with Gasteiger partial charge in [-0.15, -0.1) is 0 Å². The van der Waals surface area contributed by atoms with Crippen molar-refractivity contribution in [2.75, 3.05) is 11.0 Å². The van der Waals surface area contributed by atoms with Gasteiger partial charge in [0.15, 0.2) is 0 Å². The first kappa shape index (κ1) is 12.6. The molecule has 0 unspecified atom stereocenters. The molecule has 96 valence electrons. The molecule has 7 heteroatoms. The minimum Gasteiger partial charge on any atom is -0.351 e. The summed E-state index contributed by atoms with van der Waals surface area (Å²) in [6.07, 6.45) is 4.51. The molecule has 1 aromatic carbocycles. The molecule has 0 spiro atoms. The Morgan fingerprint density at radius 2 is 2.22 bits per heavy atom. The fourth-order valence-electron chi connectivity index (χ4n) is 1.57. The van der Waals surface area contributed by atoms with Gasteiger partial charge in [0.25, 0.3) is 0 Å². The minimum absolute atomic E-state index is 0.300. The second-order valence-corrected chi connectivity index (χ2v) is 5.67. The molecule has 2 N–H and O–H groups in total. The topological polar surface area (TPSA) is 74.8 Å². The lowest BCUT2D eigenvalue weighted by Gasteiger charge is -2.07. The summed E-state index contributed by atoms with van der Waals surface area (Å²) in [5.41, 5.74) is 1.41. The van der Waals surface area contributed by atoms with Gasteiger partial charge < -0.3 is 4.98 Å². The molecule has 0 fully saturated rings. The Hall–Kier alpha value is -1.89. The van der Waals surface area contributed by atoms with Crippen LogP contribution in [0.3, 0.4) is 0 Å². The van der Waals surface area contributed by atoms with Crippen molar-refractivity contribution in [3.05, 3.63) is 47.8 Å². The Morgan fingerprint density at radius 1 is 1.44 bits per heavy atom. The summed E-state index contributed by atoms with van der Waals surface area (Å²) in [5, 5.41) is 0. The van der Waals surface area contributed by atoms with E-state index in [4.69, 9.17) is 0 Å². The number of nitrogens with one attached hydrogen (secondary N) is 2. The van der Waals surface area contributed by atoms with E-state index in [1.807, 2.05) is 0 Å². The van der Waals surface area contributed by atoms with Gasteiger partial charge in [0.05, 0.1) is 18.3 Å². The highest BCUT2D eigenvalue weighted by Crippen LogP contribution is 2.18. The molecule has 18 heavy (non-hydrogen) atoms. The zero-order valence-corrected chi connectivity index (χ0v) is 10.5. The summed E-state index contributed by atoms with van der Waals surface area (Å²) >= 11 is 0. The molecule has 2 aromatic rings. The molecule has 0 saturated carbocycles. The highest BCUT2D eigenvalue weighted by atomic mass is 32.2. The van der Waals surface area contributed by atoms with Gasteiger partial charge in [-0.2, -0.15) is 0 Å². The van der Waals surface area contributed by atoms with Crippen molar-refractivity contribution in [3.63, 3.8) is 0 Å². The predicted octanol–water partition coefficient (Wildman–Crippen LogP) is 1.51. The van der Waals surface area contributed by atoms with Gasteiger partial charge in [-0.1, -0.05) is 0 Å². The zero-order valence-electron chi connectivity index (χ0n) is 9.64. The Bertz CT molecular complexity index is 638. The van der Waals surface area contributed by atoms with Crippen LogP contribution < -0.4 is 4.72 Å². The van der Waals surface area contributed by atoms with E-state index in [-0.39, 0.29) is 0 Å². The predicted molar refractivity (Wildman–Crippen MR) is 66.3 cm³/mol. The molecule has 0 aliphatic rings. The summed E-state index contributed by atoms with van der Waals surface area (Å²) in [6.45, 7) is 0. The number of anilines is 1. The van der Waals surface area contributed by atoms with Gasteiger partial charge in [-0.05, 0) is 23.8 Å². The number of aromatic amines is 1. The van der Waals surface area contributed by atoms with E-state index >= 15 is 0 Å². The lowest BCUT2D eigenvalue weighted by molar-refractivity contribution is 0.606. The Kier molecular flexibility index (Phi) is 3.33. The van der Waals surface area contributed by atoms with E-state index in [2.05, 4.69) is 14.7 Å². The summed E-state index contributed by atoms with van der Waals surface area (Å²) in [6, 6.07) is 4.07. The van der Waals surface area contributed by atoms with Crippen molar-refractivity contribution in [3.8, 4) is 0 Å². The monoisotopic (exact) mass is 269 g/mol. The average Bonchev–Trinajstić information content (AvgIpc) is 2.73. The second-order valence-electron chi connectivity index (χ2n) is 3.92. The SMILES string of the molecule is CS(=O)(=O)Nc1ccc(F)c(Cc2c[nH]cn2)c1. The molecular weight excluding hydrogens is 257 g/mol. The van der Waals surface area contributed by atoms with Crippen LogP contribution in [0.25, 0.3) is 0 Å². The first-order chi connectivity index (χ1) is 8.44. The molecule has 0 radical (unpaired) electrons. The number of imidazole rings is 1. The Labute approximate surface area is 104 Å². The molecule has 0 aliphatic heterocycles. The number of nitrogens with zero attached hydrogens (tertiary/aromatic N) is 1. The van der Waals surface area contributed by atoms with E-state index in [0.717, 1.165) is 6.26 Å². The lowest BCUT2D eigenvalue weighted by atomic mass is 10.1. The summed E-state index contributed by atoms with van der Waals surface area (Å²) < 4.78 is 38.1. The molecule has 1 aromatic heterocycles. The van der Waals surface area contributed by atoms with Crippen molar-refractivity contribution in [1.82, 2.24) is 9.97 Å². The number of hydrogen-bond acceptors (Lipinski definition) is 3. The number of sulfonamides is 1. The number of benzene rings is 1. The molecule has 0 aliphatic carbocycles. The molecule has 5 nitrogen and oxygen atoms in total. The summed E-state index contributed by atoms with van der Waals surface area (Å²) in [7, 11) is -3.36. The third kappa shape index (κ3) is 3.30. The van der Waals surface area contributed by atoms with Gasteiger partial charge in [-0.25, -0.2) is 17.8 Å². The normalized spacial score (nSPS) is 11.4. The maximum absolute atomic E-state index is 13.6.